The van der Waals surface area contributed by atoms with Crippen molar-refractivity contribution in [1.82, 2.24) is 9.78 Å². The lowest BCUT2D eigenvalue weighted by molar-refractivity contribution is -0.0365. The number of hydrogen-bond acceptors (Lipinski definition) is 3. The molecule has 2 heterocycles. The Kier molecular flexibility index (Phi) is 4.67. The van der Waals surface area contributed by atoms with E-state index in [-0.39, 0.29) is 11.8 Å². The predicted molar refractivity (Wildman–Crippen MR) is 98.2 cm³/mol. The summed E-state index contributed by atoms with van der Waals surface area (Å²) in [6.45, 7) is 0.675. The normalized spacial score (nSPS) is 17.6. The molecule has 2 aromatic carbocycles. The van der Waals surface area contributed by atoms with Gasteiger partial charge in [0.1, 0.15) is 5.69 Å². The highest BCUT2D eigenvalue weighted by molar-refractivity contribution is 9.10. The Morgan fingerprint density at radius 2 is 2.08 bits per heavy atom. The fraction of sp³-hybridized carbons (Fsp3) is 0.316. The number of halogens is 3. The first-order chi connectivity index (χ1) is 12.6. The molecule has 1 aromatic heterocycles. The zero-order chi connectivity index (χ0) is 18.3. The predicted octanol–water partition coefficient (Wildman–Crippen LogP) is 5.45. The van der Waals surface area contributed by atoms with Gasteiger partial charge in [-0.05, 0) is 49.6 Å². The van der Waals surface area contributed by atoms with Gasteiger partial charge in [-0.2, -0.15) is 5.10 Å². The third-order valence-electron chi connectivity index (χ3n) is 4.61. The second kappa shape index (κ2) is 6.96. The summed E-state index contributed by atoms with van der Waals surface area (Å²) < 4.78 is 42.0. The van der Waals surface area contributed by atoms with E-state index >= 15 is 0 Å². The molecule has 1 aliphatic rings. The van der Waals surface area contributed by atoms with Gasteiger partial charge < -0.3 is 9.47 Å². The molecule has 0 aliphatic carbocycles. The van der Waals surface area contributed by atoms with Gasteiger partial charge in [0.15, 0.2) is 23.6 Å². The van der Waals surface area contributed by atoms with Crippen LogP contribution in [-0.2, 0) is 4.74 Å². The molecule has 0 radical (unpaired) electrons. The van der Waals surface area contributed by atoms with Crippen molar-refractivity contribution < 1.29 is 18.3 Å². The molecule has 1 fully saturated rings. The summed E-state index contributed by atoms with van der Waals surface area (Å²) >= 11 is 3.48. The highest BCUT2D eigenvalue weighted by atomic mass is 79.9. The van der Waals surface area contributed by atoms with Crippen molar-refractivity contribution in [1.29, 1.82) is 0 Å². The van der Waals surface area contributed by atoms with Gasteiger partial charge in [0.05, 0.1) is 12.6 Å². The van der Waals surface area contributed by atoms with Crippen LogP contribution in [-0.4, -0.2) is 23.5 Å². The Bertz CT molecular complexity index is 968. The highest BCUT2D eigenvalue weighted by Crippen LogP contribution is 2.37. The lowest BCUT2D eigenvalue weighted by Gasteiger charge is -2.23. The first-order valence-electron chi connectivity index (χ1n) is 8.42. The first-order valence-corrected chi connectivity index (χ1v) is 9.21. The van der Waals surface area contributed by atoms with E-state index in [1.165, 1.54) is 19.2 Å². The number of hydrogen-bond donors (Lipinski definition) is 0. The maximum absolute atomic E-state index is 14.8. The van der Waals surface area contributed by atoms with Crippen molar-refractivity contribution >= 4 is 26.8 Å². The number of fused-ring (bicyclic) bond motifs is 1. The molecule has 4 rings (SSSR count). The molecule has 136 valence electrons. The summed E-state index contributed by atoms with van der Waals surface area (Å²) in [5, 5.41) is 5.42. The first kappa shape index (κ1) is 17.4. The standard InChI is InChI=1S/C19H17BrF2N2O2/c1-25-19-14(21)8-7-13(17(19)22)18-12-6-5-11(20)10-15(12)24(23-18)16-4-2-3-9-26-16/h5-8,10,16H,2-4,9H2,1H3. The van der Waals surface area contributed by atoms with E-state index in [2.05, 4.69) is 21.0 Å². The third kappa shape index (κ3) is 2.89. The molecular formula is C19H17BrF2N2O2. The van der Waals surface area contributed by atoms with Crippen LogP contribution in [0.3, 0.4) is 0 Å². The van der Waals surface area contributed by atoms with Crippen LogP contribution in [0.1, 0.15) is 25.5 Å². The van der Waals surface area contributed by atoms with Crippen molar-refractivity contribution in [2.24, 2.45) is 0 Å². The van der Waals surface area contributed by atoms with Gasteiger partial charge >= 0.3 is 0 Å². The Hall–Kier alpha value is -1.99. The molecular weight excluding hydrogens is 406 g/mol. The molecule has 1 aliphatic heterocycles. The van der Waals surface area contributed by atoms with Crippen molar-refractivity contribution in [3.05, 3.63) is 46.4 Å². The van der Waals surface area contributed by atoms with E-state index < -0.39 is 17.4 Å². The Balaban J connectivity index is 1.94. The van der Waals surface area contributed by atoms with Crippen molar-refractivity contribution in [3.8, 4) is 17.0 Å². The van der Waals surface area contributed by atoms with Gasteiger partial charge in [-0.15, -0.1) is 0 Å². The number of ether oxygens (including phenoxy) is 2. The van der Waals surface area contributed by atoms with E-state index in [4.69, 9.17) is 9.47 Å². The van der Waals surface area contributed by atoms with Crippen LogP contribution < -0.4 is 4.74 Å². The molecule has 26 heavy (non-hydrogen) atoms. The van der Waals surface area contributed by atoms with E-state index in [0.717, 1.165) is 34.6 Å². The molecule has 1 atom stereocenters. The quantitative estimate of drug-likeness (QED) is 0.562. The average molecular weight is 423 g/mol. The minimum atomic E-state index is -0.758. The van der Waals surface area contributed by atoms with Gasteiger partial charge in [-0.25, -0.2) is 13.5 Å². The number of rotatable bonds is 3. The van der Waals surface area contributed by atoms with E-state index in [0.29, 0.717) is 12.3 Å². The fourth-order valence-corrected chi connectivity index (χ4v) is 3.70. The zero-order valence-corrected chi connectivity index (χ0v) is 15.7. The smallest absolute Gasteiger partial charge is 0.191 e. The molecule has 0 N–H and O–H groups in total. The minimum Gasteiger partial charge on any atom is -0.491 e. The van der Waals surface area contributed by atoms with Gasteiger partial charge in [0.25, 0.3) is 0 Å². The molecule has 0 bridgehead atoms. The summed E-state index contributed by atoms with van der Waals surface area (Å²) in [5.74, 6) is -1.90. The molecule has 0 spiro atoms. The van der Waals surface area contributed by atoms with Crippen LogP contribution in [0.2, 0.25) is 0 Å². The molecule has 1 unspecified atom stereocenters. The summed E-state index contributed by atoms with van der Waals surface area (Å²) in [7, 11) is 1.25. The Morgan fingerprint density at radius 3 is 2.81 bits per heavy atom. The van der Waals surface area contributed by atoms with Crippen LogP contribution in [0.15, 0.2) is 34.8 Å². The summed E-state index contributed by atoms with van der Waals surface area (Å²) in [4.78, 5) is 0. The topological polar surface area (TPSA) is 36.3 Å². The van der Waals surface area contributed by atoms with Gasteiger partial charge in [0.2, 0.25) is 0 Å². The molecule has 0 amide bonds. The van der Waals surface area contributed by atoms with Crippen LogP contribution in [0.25, 0.3) is 22.2 Å². The van der Waals surface area contributed by atoms with Crippen LogP contribution in [0.4, 0.5) is 8.78 Å². The SMILES string of the molecule is COc1c(F)ccc(-c2nn(C3CCCCO3)c3cc(Br)ccc23)c1F. The zero-order valence-electron chi connectivity index (χ0n) is 14.1. The second-order valence-corrected chi connectivity index (χ2v) is 7.13. The second-order valence-electron chi connectivity index (χ2n) is 6.22. The molecule has 3 aromatic rings. The Labute approximate surface area is 157 Å². The number of methoxy groups -OCH3 is 1. The van der Waals surface area contributed by atoms with E-state index in [9.17, 15) is 8.78 Å². The maximum Gasteiger partial charge on any atom is 0.191 e. The Morgan fingerprint density at radius 1 is 1.23 bits per heavy atom. The van der Waals surface area contributed by atoms with Gasteiger partial charge in [-0.3, -0.25) is 0 Å². The lowest BCUT2D eigenvalue weighted by Crippen LogP contribution is -2.19. The highest BCUT2D eigenvalue weighted by Gasteiger charge is 2.24. The van der Waals surface area contributed by atoms with Crippen molar-refractivity contribution in [2.45, 2.75) is 25.5 Å². The maximum atomic E-state index is 14.8. The van der Waals surface area contributed by atoms with Crippen LogP contribution in [0, 0.1) is 11.6 Å². The van der Waals surface area contributed by atoms with Gasteiger partial charge in [0, 0.05) is 22.0 Å². The average Bonchev–Trinajstić information content (AvgIpc) is 3.01. The monoisotopic (exact) mass is 422 g/mol. The molecule has 1 saturated heterocycles. The van der Waals surface area contributed by atoms with Crippen molar-refractivity contribution in [2.75, 3.05) is 13.7 Å². The van der Waals surface area contributed by atoms with Gasteiger partial charge in [-0.1, -0.05) is 15.9 Å². The van der Waals surface area contributed by atoms with Crippen LogP contribution in [0.5, 0.6) is 5.75 Å². The minimum absolute atomic E-state index is 0.195. The van der Waals surface area contributed by atoms with E-state index in [1.807, 2.05) is 18.2 Å². The fourth-order valence-electron chi connectivity index (χ4n) is 3.35. The molecule has 7 heteroatoms. The van der Waals surface area contributed by atoms with Crippen LogP contribution >= 0.6 is 15.9 Å². The summed E-state index contributed by atoms with van der Waals surface area (Å²) in [6, 6.07) is 8.26. The third-order valence-corrected chi connectivity index (χ3v) is 5.10. The summed E-state index contributed by atoms with van der Waals surface area (Å²) in [5.41, 5.74) is 1.48. The summed E-state index contributed by atoms with van der Waals surface area (Å²) in [6.07, 6.45) is 2.72. The number of benzene rings is 2. The lowest BCUT2D eigenvalue weighted by atomic mass is 10.1. The largest absolute Gasteiger partial charge is 0.491 e. The van der Waals surface area contributed by atoms with Crippen molar-refractivity contribution in [3.63, 3.8) is 0 Å². The number of nitrogens with zero attached hydrogens (tertiary/aromatic N) is 2. The van der Waals surface area contributed by atoms with E-state index in [1.54, 1.807) is 4.68 Å². The molecule has 0 saturated carbocycles. The molecule has 4 nitrogen and oxygen atoms in total. The number of aromatic nitrogens is 2.